The second-order valence-electron chi connectivity index (χ2n) is 5.27. The maximum absolute atomic E-state index is 5.83. The maximum atomic E-state index is 5.83. The molecule has 0 saturated carbocycles. The van der Waals surface area contributed by atoms with E-state index in [2.05, 4.69) is 66.3 Å². The first kappa shape index (κ1) is 15.7. The molecular weight excluding hydrogens is 260 g/mol. The van der Waals surface area contributed by atoms with Crippen LogP contribution in [0.3, 0.4) is 0 Å². The van der Waals surface area contributed by atoms with Crippen molar-refractivity contribution in [3.05, 3.63) is 52.8 Å². The molecule has 1 aromatic carbocycles. The van der Waals surface area contributed by atoms with Crippen molar-refractivity contribution in [2.24, 2.45) is 5.84 Å². The number of nitrogens with one attached hydrogen (secondary N) is 1. The second kappa shape index (κ2) is 7.38. The molecule has 1 heterocycles. The van der Waals surface area contributed by atoms with E-state index in [9.17, 15) is 0 Å². The zero-order valence-corrected chi connectivity index (χ0v) is 13.3. The van der Waals surface area contributed by atoms with E-state index in [1.165, 1.54) is 16.8 Å². The fourth-order valence-electron chi connectivity index (χ4n) is 2.79. The van der Waals surface area contributed by atoms with Gasteiger partial charge in [0.2, 0.25) is 0 Å². The summed E-state index contributed by atoms with van der Waals surface area (Å²) in [6.07, 6.45) is 2.84. The Morgan fingerprint density at radius 3 is 2.57 bits per heavy atom. The molecule has 0 bridgehead atoms. The minimum Gasteiger partial charge on any atom is -0.271 e. The van der Waals surface area contributed by atoms with Crippen LogP contribution < -0.4 is 11.3 Å². The number of hydrogen-bond donors (Lipinski definition) is 2. The van der Waals surface area contributed by atoms with Crippen LogP contribution in [0.2, 0.25) is 0 Å². The second-order valence-corrected chi connectivity index (χ2v) is 5.27. The molecule has 4 heteroatoms. The van der Waals surface area contributed by atoms with Gasteiger partial charge in [-0.1, -0.05) is 38.1 Å². The summed E-state index contributed by atoms with van der Waals surface area (Å²) in [5.41, 5.74) is 7.99. The lowest BCUT2D eigenvalue weighted by Crippen LogP contribution is -2.31. The van der Waals surface area contributed by atoms with Crippen LogP contribution in [0.25, 0.3) is 0 Å². The van der Waals surface area contributed by atoms with E-state index in [4.69, 9.17) is 5.84 Å². The molecular formula is C17H26N4. The Labute approximate surface area is 127 Å². The maximum Gasteiger partial charge on any atom is 0.0624 e. The van der Waals surface area contributed by atoms with E-state index < -0.39 is 0 Å². The number of rotatable bonds is 7. The Bertz CT molecular complexity index is 574. The van der Waals surface area contributed by atoms with Crippen LogP contribution in [0.15, 0.2) is 30.3 Å². The number of nitrogens with zero attached hydrogens (tertiary/aromatic N) is 2. The Balaban J connectivity index is 2.28. The fourth-order valence-corrected chi connectivity index (χ4v) is 2.79. The van der Waals surface area contributed by atoms with Gasteiger partial charge < -0.3 is 0 Å². The average molecular weight is 286 g/mol. The summed E-state index contributed by atoms with van der Waals surface area (Å²) in [6, 6.07) is 10.8. The SMILES string of the molecule is CCc1cc(CC(NN)c2ccccc2CC)n(CC)n1. The van der Waals surface area contributed by atoms with Gasteiger partial charge in [-0.05, 0) is 37.0 Å². The standard InChI is InChI=1S/C17H26N4/c1-4-13-9-7-8-10-16(13)17(19-18)12-15-11-14(5-2)20-21(15)6-3/h7-11,17,19H,4-6,12,18H2,1-3H3. The number of hydrazine groups is 1. The third kappa shape index (κ3) is 3.52. The van der Waals surface area contributed by atoms with Gasteiger partial charge in [0.1, 0.15) is 0 Å². The zero-order valence-electron chi connectivity index (χ0n) is 13.3. The lowest BCUT2D eigenvalue weighted by Gasteiger charge is -2.19. The van der Waals surface area contributed by atoms with Crippen LogP contribution in [0.5, 0.6) is 0 Å². The highest BCUT2D eigenvalue weighted by molar-refractivity contribution is 5.31. The highest BCUT2D eigenvalue weighted by atomic mass is 15.3. The normalized spacial score (nSPS) is 12.6. The van der Waals surface area contributed by atoms with Crippen LogP contribution in [-0.4, -0.2) is 9.78 Å². The molecule has 2 aromatic rings. The summed E-state index contributed by atoms with van der Waals surface area (Å²) >= 11 is 0. The van der Waals surface area contributed by atoms with Crippen molar-refractivity contribution in [2.75, 3.05) is 0 Å². The first-order valence-electron chi connectivity index (χ1n) is 7.82. The van der Waals surface area contributed by atoms with Crippen molar-refractivity contribution in [1.29, 1.82) is 0 Å². The topological polar surface area (TPSA) is 55.9 Å². The Kier molecular flexibility index (Phi) is 5.53. The van der Waals surface area contributed by atoms with Gasteiger partial charge in [0.15, 0.2) is 0 Å². The van der Waals surface area contributed by atoms with Gasteiger partial charge in [0.25, 0.3) is 0 Å². The Hall–Kier alpha value is -1.65. The highest BCUT2D eigenvalue weighted by Crippen LogP contribution is 2.22. The molecule has 2 rings (SSSR count). The van der Waals surface area contributed by atoms with Gasteiger partial charge in [0.05, 0.1) is 11.7 Å². The number of nitrogens with two attached hydrogens (primary N) is 1. The molecule has 0 amide bonds. The van der Waals surface area contributed by atoms with Crippen LogP contribution in [-0.2, 0) is 25.8 Å². The minimum absolute atomic E-state index is 0.118. The van der Waals surface area contributed by atoms with Gasteiger partial charge in [0, 0.05) is 18.7 Å². The van der Waals surface area contributed by atoms with Crippen molar-refractivity contribution < 1.29 is 0 Å². The number of aryl methyl sites for hydroxylation is 3. The monoisotopic (exact) mass is 286 g/mol. The van der Waals surface area contributed by atoms with Crippen molar-refractivity contribution >= 4 is 0 Å². The van der Waals surface area contributed by atoms with E-state index in [-0.39, 0.29) is 6.04 Å². The molecule has 0 spiro atoms. The van der Waals surface area contributed by atoms with Crippen LogP contribution >= 0.6 is 0 Å². The predicted molar refractivity (Wildman–Crippen MR) is 86.9 cm³/mol. The quantitative estimate of drug-likeness (QED) is 0.608. The summed E-state index contributed by atoms with van der Waals surface area (Å²) in [5.74, 6) is 5.83. The molecule has 1 unspecified atom stereocenters. The molecule has 0 aliphatic heterocycles. The molecule has 0 aliphatic rings. The third-order valence-corrected chi connectivity index (χ3v) is 4.00. The lowest BCUT2D eigenvalue weighted by molar-refractivity contribution is 0.514. The molecule has 0 radical (unpaired) electrons. The summed E-state index contributed by atoms with van der Waals surface area (Å²) in [4.78, 5) is 0. The molecule has 114 valence electrons. The number of benzene rings is 1. The molecule has 1 atom stereocenters. The Morgan fingerprint density at radius 1 is 1.19 bits per heavy atom. The van der Waals surface area contributed by atoms with Gasteiger partial charge in [-0.25, -0.2) is 0 Å². The molecule has 21 heavy (non-hydrogen) atoms. The van der Waals surface area contributed by atoms with Gasteiger partial charge in [-0.2, -0.15) is 5.10 Å². The van der Waals surface area contributed by atoms with Crippen molar-refractivity contribution in [1.82, 2.24) is 15.2 Å². The zero-order chi connectivity index (χ0) is 15.2. The largest absolute Gasteiger partial charge is 0.271 e. The van der Waals surface area contributed by atoms with E-state index in [0.29, 0.717) is 0 Å². The van der Waals surface area contributed by atoms with Crippen LogP contribution in [0, 0.1) is 0 Å². The van der Waals surface area contributed by atoms with E-state index in [1.54, 1.807) is 0 Å². The van der Waals surface area contributed by atoms with Crippen LogP contribution in [0.4, 0.5) is 0 Å². The first-order chi connectivity index (χ1) is 10.2. The molecule has 3 N–H and O–H groups in total. The minimum atomic E-state index is 0.118. The lowest BCUT2D eigenvalue weighted by atomic mass is 9.95. The number of hydrogen-bond acceptors (Lipinski definition) is 3. The summed E-state index contributed by atoms with van der Waals surface area (Å²) in [7, 11) is 0. The highest BCUT2D eigenvalue weighted by Gasteiger charge is 2.16. The van der Waals surface area contributed by atoms with Gasteiger partial charge in [-0.15, -0.1) is 0 Å². The summed E-state index contributed by atoms with van der Waals surface area (Å²) in [5, 5.41) is 4.62. The molecule has 0 aliphatic carbocycles. The molecule has 0 saturated heterocycles. The van der Waals surface area contributed by atoms with Crippen LogP contribution in [0.1, 0.15) is 49.3 Å². The van der Waals surface area contributed by atoms with Crippen molar-refractivity contribution in [3.8, 4) is 0 Å². The summed E-state index contributed by atoms with van der Waals surface area (Å²) < 4.78 is 2.08. The molecule has 1 aromatic heterocycles. The summed E-state index contributed by atoms with van der Waals surface area (Å²) in [6.45, 7) is 7.33. The fraction of sp³-hybridized carbons (Fsp3) is 0.471. The van der Waals surface area contributed by atoms with E-state index >= 15 is 0 Å². The van der Waals surface area contributed by atoms with Crippen molar-refractivity contribution in [3.63, 3.8) is 0 Å². The first-order valence-corrected chi connectivity index (χ1v) is 7.82. The van der Waals surface area contributed by atoms with Gasteiger partial charge in [-0.3, -0.25) is 16.0 Å². The van der Waals surface area contributed by atoms with Gasteiger partial charge >= 0.3 is 0 Å². The van der Waals surface area contributed by atoms with E-state index in [1.807, 2.05) is 0 Å². The van der Waals surface area contributed by atoms with E-state index in [0.717, 1.165) is 31.5 Å². The average Bonchev–Trinajstić information content (AvgIpc) is 2.94. The third-order valence-electron chi connectivity index (χ3n) is 4.00. The molecule has 4 nitrogen and oxygen atoms in total. The van der Waals surface area contributed by atoms with Crippen molar-refractivity contribution in [2.45, 2.75) is 52.6 Å². The smallest absolute Gasteiger partial charge is 0.0624 e. The number of aromatic nitrogens is 2. The predicted octanol–water partition coefficient (Wildman–Crippen LogP) is 2.77. The Morgan fingerprint density at radius 2 is 1.95 bits per heavy atom. The molecule has 0 fully saturated rings.